The molecule has 0 radical (unpaired) electrons. The van der Waals surface area contributed by atoms with Crippen molar-refractivity contribution in [1.82, 2.24) is 4.90 Å². The van der Waals surface area contributed by atoms with Crippen LogP contribution in [0.3, 0.4) is 0 Å². The van der Waals surface area contributed by atoms with Gasteiger partial charge in [0.05, 0.1) is 13.7 Å². The van der Waals surface area contributed by atoms with Crippen LogP contribution in [0.2, 0.25) is 0 Å². The molecule has 0 unspecified atom stereocenters. The van der Waals surface area contributed by atoms with Crippen molar-refractivity contribution in [3.63, 3.8) is 0 Å². The first-order chi connectivity index (χ1) is 8.54. The molecule has 0 aliphatic carbocycles. The number of rotatable bonds is 4. The Bertz CT molecular complexity index is 401. The van der Waals surface area contributed by atoms with Crippen LogP contribution in [0.5, 0.6) is 5.75 Å². The van der Waals surface area contributed by atoms with Gasteiger partial charge in [0.15, 0.2) is 0 Å². The molecule has 1 aromatic rings. The minimum Gasteiger partial charge on any atom is -0.497 e. The summed E-state index contributed by atoms with van der Waals surface area (Å²) in [5.74, 6) is 7.29. The van der Waals surface area contributed by atoms with Gasteiger partial charge in [-0.3, -0.25) is 4.90 Å². The Morgan fingerprint density at radius 2 is 1.61 bits per heavy atom. The predicted octanol–water partition coefficient (Wildman–Crippen LogP) is 3.17. The molecular weight excluding hydrogens is 222 g/mol. The Morgan fingerprint density at radius 1 is 1.06 bits per heavy atom. The Morgan fingerprint density at radius 3 is 2.06 bits per heavy atom. The van der Waals surface area contributed by atoms with Crippen LogP contribution in [-0.4, -0.2) is 30.6 Å². The summed E-state index contributed by atoms with van der Waals surface area (Å²) in [7, 11) is 1.67. The lowest BCUT2D eigenvalue weighted by Crippen LogP contribution is -2.37. The van der Waals surface area contributed by atoms with Crippen LogP contribution in [0.4, 0.5) is 0 Å². The molecule has 0 saturated carbocycles. The molecule has 0 aliphatic rings. The van der Waals surface area contributed by atoms with Crippen LogP contribution in [0.1, 0.15) is 33.3 Å². The topological polar surface area (TPSA) is 12.5 Å². The highest BCUT2D eigenvalue weighted by atomic mass is 16.5. The first-order valence-electron chi connectivity index (χ1n) is 6.43. The zero-order valence-electron chi connectivity index (χ0n) is 12.0. The fourth-order valence-electron chi connectivity index (χ4n) is 1.87. The summed E-state index contributed by atoms with van der Waals surface area (Å²) < 4.78 is 5.12. The van der Waals surface area contributed by atoms with Gasteiger partial charge in [0, 0.05) is 17.6 Å². The Kier molecular flexibility index (Phi) is 5.74. The molecule has 0 atom stereocenters. The van der Waals surface area contributed by atoms with Crippen molar-refractivity contribution in [1.29, 1.82) is 0 Å². The third-order valence-electron chi connectivity index (χ3n) is 2.91. The molecule has 0 N–H and O–H groups in total. The quantitative estimate of drug-likeness (QED) is 0.755. The van der Waals surface area contributed by atoms with Crippen molar-refractivity contribution in [2.45, 2.75) is 39.8 Å². The summed E-state index contributed by atoms with van der Waals surface area (Å²) in [4.78, 5) is 2.37. The van der Waals surface area contributed by atoms with Crippen molar-refractivity contribution in [2.75, 3.05) is 13.7 Å². The van der Waals surface area contributed by atoms with E-state index in [0.29, 0.717) is 12.1 Å². The Labute approximate surface area is 111 Å². The molecule has 0 spiro atoms. The van der Waals surface area contributed by atoms with Gasteiger partial charge in [-0.15, -0.1) is 0 Å². The van der Waals surface area contributed by atoms with E-state index in [1.54, 1.807) is 7.11 Å². The summed E-state index contributed by atoms with van der Waals surface area (Å²) in [6.07, 6.45) is 0. The van der Waals surface area contributed by atoms with Crippen LogP contribution in [0, 0.1) is 11.8 Å². The maximum Gasteiger partial charge on any atom is 0.118 e. The lowest BCUT2D eigenvalue weighted by molar-refractivity contribution is 0.200. The van der Waals surface area contributed by atoms with Crippen LogP contribution >= 0.6 is 0 Å². The number of benzene rings is 1. The average Bonchev–Trinajstić information content (AvgIpc) is 2.34. The van der Waals surface area contributed by atoms with Gasteiger partial charge in [-0.1, -0.05) is 11.8 Å². The van der Waals surface area contributed by atoms with Gasteiger partial charge in [-0.05, 0) is 52.0 Å². The summed E-state index contributed by atoms with van der Waals surface area (Å²) in [5, 5.41) is 0. The molecule has 0 saturated heterocycles. The molecule has 98 valence electrons. The third-order valence-corrected chi connectivity index (χ3v) is 2.91. The minimum absolute atomic E-state index is 0.523. The van der Waals surface area contributed by atoms with Crippen molar-refractivity contribution in [3.8, 4) is 17.6 Å². The van der Waals surface area contributed by atoms with E-state index in [4.69, 9.17) is 4.74 Å². The van der Waals surface area contributed by atoms with Gasteiger partial charge in [0.1, 0.15) is 5.75 Å². The van der Waals surface area contributed by atoms with Crippen molar-refractivity contribution >= 4 is 0 Å². The summed E-state index contributed by atoms with van der Waals surface area (Å²) in [6.45, 7) is 9.62. The number of hydrogen-bond acceptors (Lipinski definition) is 2. The van der Waals surface area contributed by atoms with E-state index in [2.05, 4.69) is 44.4 Å². The van der Waals surface area contributed by atoms with Gasteiger partial charge in [0.25, 0.3) is 0 Å². The van der Waals surface area contributed by atoms with Gasteiger partial charge in [-0.25, -0.2) is 0 Å². The predicted molar refractivity (Wildman–Crippen MR) is 76.9 cm³/mol. The van der Waals surface area contributed by atoms with E-state index in [-0.39, 0.29) is 0 Å². The monoisotopic (exact) mass is 245 g/mol. The van der Waals surface area contributed by atoms with Crippen LogP contribution in [0.25, 0.3) is 0 Å². The molecule has 2 nitrogen and oxygen atoms in total. The van der Waals surface area contributed by atoms with Gasteiger partial charge in [-0.2, -0.15) is 0 Å². The molecule has 0 amide bonds. The first kappa shape index (κ1) is 14.6. The molecule has 1 rings (SSSR count). The lowest BCUT2D eigenvalue weighted by Gasteiger charge is -2.28. The second-order valence-electron chi connectivity index (χ2n) is 4.89. The highest BCUT2D eigenvalue weighted by molar-refractivity contribution is 5.38. The zero-order chi connectivity index (χ0) is 13.5. The van der Waals surface area contributed by atoms with E-state index in [1.165, 1.54) is 0 Å². The normalized spacial score (nSPS) is 10.7. The average molecular weight is 245 g/mol. The molecule has 0 fully saturated rings. The maximum absolute atomic E-state index is 5.12. The summed E-state index contributed by atoms with van der Waals surface area (Å²) in [5.41, 5.74) is 1.03. The van der Waals surface area contributed by atoms with E-state index in [0.717, 1.165) is 17.9 Å². The Hall–Kier alpha value is -1.46. The lowest BCUT2D eigenvalue weighted by atomic mass is 10.2. The van der Waals surface area contributed by atoms with Gasteiger partial charge >= 0.3 is 0 Å². The summed E-state index contributed by atoms with van der Waals surface area (Å²) >= 11 is 0. The number of nitrogens with zero attached hydrogens (tertiary/aromatic N) is 1. The molecule has 0 aliphatic heterocycles. The highest BCUT2D eigenvalue weighted by Crippen LogP contribution is 2.10. The van der Waals surface area contributed by atoms with E-state index >= 15 is 0 Å². The Balaban J connectivity index is 2.64. The maximum atomic E-state index is 5.12. The number of hydrogen-bond donors (Lipinski definition) is 0. The van der Waals surface area contributed by atoms with Crippen LogP contribution < -0.4 is 4.74 Å². The molecule has 18 heavy (non-hydrogen) atoms. The number of methoxy groups -OCH3 is 1. The largest absolute Gasteiger partial charge is 0.497 e. The van der Waals surface area contributed by atoms with E-state index < -0.39 is 0 Å². The first-order valence-corrected chi connectivity index (χ1v) is 6.43. The van der Waals surface area contributed by atoms with Gasteiger partial charge < -0.3 is 4.74 Å². The molecule has 1 aromatic carbocycles. The molecular formula is C16H23NO. The van der Waals surface area contributed by atoms with Gasteiger partial charge in [0.2, 0.25) is 0 Å². The highest BCUT2D eigenvalue weighted by Gasteiger charge is 2.10. The third kappa shape index (κ3) is 4.43. The van der Waals surface area contributed by atoms with Crippen LogP contribution in [-0.2, 0) is 0 Å². The minimum atomic E-state index is 0.523. The zero-order valence-corrected chi connectivity index (χ0v) is 12.0. The molecule has 0 aromatic heterocycles. The number of ether oxygens (including phenoxy) is 1. The van der Waals surface area contributed by atoms with Crippen LogP contribution in [0.15, 0.2) is 24.3 Å². The second-order valence-corrected chi connectivity index (χ2v) is 4.89. The van der Waals surface area contributed by atoms with Crippen molar-refractivity contribution in [2.24, 2.45) is 0 Å². The van der Waals surface area contributed by atoms with Crippen molar-refractivity contribution in [3.05, 3.63) is 29.8 Å². The molecule has 0 heterocycles. The van der Waals surface area contributed by atoms with Crippen molar-refractivity contribution < 1.29 is 4.74 Å². The fraction of sp³-hybridized carbons (Fsp3) is 0.500. The second kappa shape index (κ2) is 7.08. The van der Waals surface area contributed by atoms with E-state index in [1.807, 2.05) is 24.3 Å². The van der Waals surface area contributed by atoms with E-state index in [9.17, 15) is 0 Å². The standard InChI is InChI=1S/C16H23NO/c1-13(2)17(14(3)4)12-6-7-15-8-10-16(18-5)11-9-15/h8-11,13-14H,12H2,1-5H3. The molecule has 0 bridgehead atoms. The summed E-state index contributed by atoms with van der Waals surface area (Å²) in [6, 6.07) is 8.90. The fourth-order valence-corrected chi connectivity index (χ4v) is 1.87. The molecule has 2 heteroatoms. The SMILES string of the molecule is COc1ccc(C#CCN(C(C)C)C(C)C)cc1. The smallest absolute Gasteiger partial charge is 0.118 e.